The molecule has 0 saturated heterocycles. The van der Waals surface area contributed by atoms with Crippen LogP contribution in [0.1, 0.15) is 36.2 Å². The fourth-order valence-electron chi connectivity index (χ4n) is 2.11. The lowest BCUT2D eigenvalue weighted by atomic mass is 10.0. The standard InChI is InChI=1S/C17H22N2O/c1-3-10-20-15-8-4-7-14(11-15)16(18)12-17-13(2)6-5-9-19-17/h4-9,11,16H,3,10,12,18H2,1-2H3. The van der Waals surface area contributed by atoms with Crippen molar-refractivity contribution in [1.29, 1.82) is 0 Å². The van der Waals surface area contributed by atoms with Crippen LogP contribution in [0.5, 0.6) is 5.75 Å². The van der Waals surface area contributed by atoms with Gasteiger partial charge in [-0.25, -0.2) is 0 Å². The molecule has 0 bridgehead atoms. The number of hydrogen-bond donors (Lipinski definition) is 1. The molecule has 0 saturated carbocycles. The Kier molecular flexibility index (Phi) is 5.13. The molecule has 0 fully saturated rings. The van der Waals surface area contributed by atoms with Gasteiger partial charge in [0.15, 0.2) is 0 Å². The molecule has 2 aromatic rings. The van der Waals surface area contributed by atoms with Crippen LogP contribution in [-0.2, 0) is 6.42 Å². The molecule has 3 nitrogen and oxygen atoms in total. The summed E-state index contributed by atoms with van der Waals surface area (Å²) in [6.07, 6.45) is 3.56. The van der Waals surface area contributed by atoms with Crippen LogP contribution in [0.15, 0.2) is 42.6 Å². The van der Waals surface area contributed by atoms with Gasteiger partial charge in [0.2, 0.25) is 0 Å². The van der Waals surface area contributed by atoms with Crippen molar-refractivity contribution in [2.75, 3.05) is 6.61 Å². The lowest BCUT2D eigenvalue weighted by Gasteiger charge is -2.14. The normalized spacial score (nSPS) is 12.2. The Morgan fingerprint density at radius 2 is 2.10 bits per heavy atom. The van der Waals surface area contributed by atoms with E-state index in [0.717, 1.165) is 36.5 Å². The predicted octanol–water partition coefficient (Wildman–Crippen LogP) is 3.42. The molecule has 0 aliphatic rings. The van der Waals surface area contributed by atoms with Gasteiger partial charge in [-0.1, -0.05) is 25.1 Å². The number of nitrogens with zero attached hydrogens (tertiary/aromatic N) is 1. The van der Waals surface area contributed by atoms with Crippen LogP contribution in [0.2, 0.25) is 0 Å². The molecule has 20 heavy (non-hydrogen) atoms. The van der Waals surface area contributed by atoms with E-state index < -0.39 is 0 Å². The van der Waals surface area contributed by atoms with Crippen molar-refractivity contribution in [3.8, 4) is 5.75 Å². The molecule has 0 aliphatic heterocycles. The Morgan fingerprint density at radius 3 is 2.85 bits per heavy atom. The molecule has 0 aliphatic carbocycles. The van der Waals surface area contributed by atoms with Crippen LogP contribution in [0.3, 0.4) is 0 Å². The number of benzene rings is 1. The van der Waals surface area contributed by atoms with Crippen LogP contribution < -0.4 is 10.5 Å². The SMILES string of the molecule is CCCOc1cccc(C(N)Cc2ncccc2C)c1. The third kappa shape index (κ3) is 3.81. The van der Waals surface area contributed by atoms with E-state index in [1.54, 1.807) is 0 Å². The zero-order valence-electron chi connectivity index (χ0n) is 12.2. The molecule has 1 aromatic heterocycles. The first-order valence-electron chi connectivity index (χ1n) is 7.09. The lowest BCUT2D eigenvalue weighted by molar-refractivity contribution is 0.317. The fourth-order valence-corrected chi connectivity index (χ4v) is 2.11. The average Bonchev–Trinajstić information content (AvgIpc) is 2.48. The Bertz CT molecular complexity index is 554. The predicted molar refractivity (Wildman–Crippen MR) is 81.8 cm³/mol. The van der Waals surface area contributed by atoms with Crippen molar-refractivity contribution in [3.63, 3.8) is 0 Å². The highest BCUT2D eigenvalue weighted by molar-refractivity contribution is 5.31. The van der Waals surface area contributed by atoms with Crippen LogP contribution >= 0.6 is 0 Å². The Labute approximate surface area is 120 Å². The highest BCUT2D eigenvalue weighted by atomic mass is 16.5. The molecular formula is C17H22N2O. The van der Waals surface area contributed by atoms with Gasteiger partial charge >= 0.3 is 0 Å². The number of pyridine rings is 1. The van der Waals surface area contributed by atoms with Gasteiger partial charge < -0.3 is 10.5 Å². The van der Waals surface area contributed by atoms with E-state index in [1.807, 2.05) is 36.5 Å². The number of aryl methyl sites for hydroxylation is 1. The van der Waals surface area contributed by atoms with Crippen LogP contribution in [0.4, 0.5) is 0 Å². The van der Waals surface area contributed by atoms with Crippen molar-refractivity contribution < 1.29 is 4.74 Å². The average molecular weight is 270 g/mol. The molecule has 1 atom stereocenters. The monoisotopic (exact) mass is 270 g/mol. The van der Waals surface area contributed by atoms with Gasteiger partial charge in [0.25, 0.3) is 0 Å². The summed E-state index contributed by atoms with van der Waals surface area (Å²) in [5, 5.41) is 0. The lowest BCUT2D eigenvalue weighted by Crippen LogP contribution is -2.15. The first-order chi connectivity index (χ1) is 9.70. The van der Waals surface area contributed by atoms with E-state index in [2.05, 4.69) is 24.9 Å². The molecule has 0 amide bonds. The van der Waals surface area contributed by atoms with E-state index in [9.17, 15) is 0 Å². The van der Waals surface area contributed by atoms with Gasteiger partial charge in [0.05, 0.1) is 6.61 Å². The quantitative estimate of drug-likeness (QED) is 0.875. The fraction of sp³-hybridized carbons (Fsp3) is 0.353. The minimum atomic E-state index is -0.0613. The molecule has 1 aromatic carbocycles. The van der Waals surface area contributed by atoms with E-state index in [4.69, 9.17) is 10.5 Å². The van der Waals surface area contributed by atoms with Gasteiger partial charge in [-0.05, 0) is 42.7 Å². The van der Waals surface area contributed by atoms with Crippen molar-refractivity contribution in [3.05, 3.63) is 59.4 Å². The molecule has 3 heteroatoms. The molecule has 0 radical (unpaired) electrons. The second-order valence-electron chi connectivity index (χ2n) is 5.00. The number of nitrogens with two attached hydrogens (primary N) is 1. The van der Waals surface area contributed by atoms with E-state index in [1.165, 1.54) is 5.56 Å². The van der Waals surface area contributed by atoms with E-state index >= 15 is 0 Å². The van der Waals surface area contributed by atoms with Gasteiger partial charge in [-0.15, -0.1) is 0 Å². The number of hydrogen-bond acceptors (Lipinski definition) is 3. The third-order valence-corrected chi connectivity index (χ3v) is 3.29. The summed E-state index contributed by atoms with van der Waals surface area (Å²) in [5.41, 5.74) is 9.62. The van der Waals surface area contributed by atoms with E-state index in [-0.39, 0.29) is 6.04 Å². The summed E-state index contributed by atoms with van der Waals surface area (Å²) in [7, 11) is 0. The zero-order valence-corrected chi connectivity index (χ0v) is 12.2. The highest BCUT2D eigenvalue weighted by Gasteiger charge is 2.10. The molecular weight excluding hydrogens is 248 g/mol. The second kappa shape index (κ2) is 7.06. The van der Waals surface area contributed by atoms with Gasteiger partial charge in [-0.3, -0.25) is 4.98 Å². The Balaban J connectivity index is 2.09. The van der Waals surface area contributed by atoms with Crippen molar-refractivity contribution in [2.45, 2.75) is 32.7 Å². The van der Waals surface area contributed by atoms with Crippen molar-refractivity contribution in [1.82, 2.24) is 4.98 Å². The summed E-state index contributed by atoms with van der Waals surface area (Å²) >= 11 is 0. The van der Waals surface area contributed by atoms with Gasteiger partial charge in [-0.2, -0.15) is 0 Å². The molecule has 1 unspecified atom stereocenters. The molecule has 0 spiro atoms. The first-order valence-corrected chi connectivity index (χ1v) is 7.09. The van der Waals surface area contributed by atoms with E-state index in [0.29, 0.717) is 0 Å². The van der Waals surface area contributed by atoms with Crippen molar-refractivity contribution in [2.24, 2.45) is 5.73 Å². The highest BCUT2D eigenvalue weighted by Crippen LogP contribution is 2.21. The zero-order chi connectivity index (χ0) is 14.4. The minimum absolute atomic E-state index is 0.0613. The van der Waals surface area contributed by atoms with Crippen LogP contribution in [0.25, 0.3) is 0 Å². The molecule has 1 heterocycles. The number of rotatable bonds is 6. The summed E-state index contributed by atoms with van der Waals surface area (Å²) < 4.78 is 5.65. The topological polar surface area (TPSA) is 48.1 Å². The largest absolute Gasteiger partial charge is 0.494 e. The number of ether oxygens (including phenoxy) is 1. The maximum Gasteiger partial charge on any atom is 0.119 e. The molecule has 106 valence electrons. The maximum absolute atomic E-state index is 6.30. The summed E-state index contributed by atoms with van der Waals surface area (Å²) in [5.74, 6) is 0.887. The van der Waals surface area contributed by atoms with Gasteiger partial charge in [0, 0.05) is 24.4 Å². The van der Waals surface area contributed by atoms with Crippen molar-refractivity contribution >= 4 is 0 Å². The van der Waals surface area contributed by atoms with Crippen LogP contribution in [0, 0.1) is 6.92 Å². The third-order valence-electron chi connectivity index (χ3n) is 3.29. The maximum atomic E-state index is 6.30. The first kappa shape index (κ1) is 14.5. The van der Waals surface area contributed by atoms with Crippen LogP contribution in [-0.4, -0.2) is 11.6 Å². The minimum Gasteiger partial charge on any atom is -0.494 e. The van der Waals surface area contributed by atoms with Gasteiger partial charge in [0.1, 0.15) is 5.75 Å². The summed E-state index contributed by atoms with van der Waals surface area (Å²) in [6, 6.07) is 12.0. The Hall–Kier alpha value is -1.87. The second-order valence-corrected chi connectivity index (χ2v) is 5.00. The molecule has 2 rings (SSSR count). The Morgan fingerprint density at radius 1 is 1.25 bits per heavy atom. The smallest absolute Gasteiger partial charge is 0.119 e. The summed E-state index contributed by atoms with van der Waals surface area (Å²) in [6.45, 7) is 4.90. The summed E-state index contributed by atoms with van der Waals surface area (Å²) in [4.78, 5) is 4.40. The number of aromatic nitrogens is 1. The molecule has 2 N–H and O–H groups in total.